The van der Waals surface area contributed by atoms with Gasteiger partial charge in [0.1, 0.15) is 29.3 Å². The Hall–Kier alpha value is -1.75. The molecule has 0 aliphatic carbocycles. The van der Waals surface area contributed by atoms with Crippen molar-refractivity contribution in [2.24, 2.45) is 0 Å². The number of aromatic hydroxyl groups is 2. The second-order valence-corrected chi connectivity index (χ2v) is 3.45. The van der Waals surface area contributed by atoms with Crippen molar-refractivity contribution in [3.63, 3.8) is 0 Å². The van der Waals surface area contributed by atoms with Gasteiger partial charge in [-0.05, 0) is 19.1 Å². The van der Waals surface area contributed by atoms with Gasteiger partial charge in [0.25, 0.3) is 0 Å². The summed E-state index contributed by atoms with van der Waals surface area (Å²) >= 11 is 0. The zero-order chi connectivity index (χ0) is 11.2. The van der Waals surface area contributed by atoms with Crippen LogP contribution in [0.25, 0.3) is 0 Å². The average Bonchev–Trinajstić information content (AvgIpc) is 2.18. The summed E-state index contributed by atoms with van der Waals surface area (Å²) in [7, 11) is 0. The lowest BCUT2D eigenvalue weighted by Crippen LogP contribution is -2.30. The number of ether oxygens (including phenoxy) is 1. The van der Waals surface area contributed by atoms with Crippen LogP contribution < -0.4 is 0 Å². The van der Waals surface area contributed by atoms with Crippen molar-refractivity contribution >= 4 is 5.97 Å². The number of phenols is 2. The summed E-state index contributed by atoms with van der Waals surface area (Å²) in [6.45, 7) is 1.51. The lowest BCUT2D eigenvalue weighted by molar-refractivity contribution is -0.0225. The van der Waals surface area contributed by atoms with E-state index in [0.717, 1.165) is 0 Å². The number of fused-ring (bicyclic) bond motifs is 1. The van der Waals surface area contributed by atoms with E-state index in [-0.39, 0.29) is 22.6 Å². The fraction of sp³-hybridized carbons (Fsp3) is 0.300. The first-order valence-electron chi connectivity index (χ1n) is 4.46. The molecule has 0 bridgehead atoms. The van der Waals surface area contributed by atoms with Crippen LogP contribution in [-0.4, -0.2) is 27.4 Å². The van der Waals surface area contributed by atoms with Gasteiger partial charge in [-0.1, -0.05) is 0 Å². The van der Waals surface area contributed by atoms with E-state index >= 15 is 0 Å². The number of hydrogen-bond donors (Lipinski definition) is 3. The molecule has 0 fully saturated rings. The normalized spacial score (nSPS) is 24.5. The van der Waals surface area contributed by atoms with E-state index in [1.165, 1.54) is 19.1 Å². The zero-order valence-corrected chi connectivity index (χ0v) is 7.97. The lowest BCUT2D eigenvalue weighted by atomic mass is 9.94. The molecule has 0 amide bonds. The van der Waals surface area contributed by atoms with Gasteiger partial charge in [0.15, 0.2) is 0 Å². The maximum atomic E-state index is 11.4. The molecule has 2 unspecified atom stereocenters. The minimum Gasteiger partial charge on any atom is -0.508 e. The molecule has 80 valence electrons. The van der Waals surface area contributed by atoms with Crippen molar-refractivity contribution in [2.45, 2.75) is 19.1 Å². The SMILES string of the molecule is CC1OC(=O)c2c(O)ccc(O)c2C1O. The lowest BCUT2D eigenvalue weighted by Gasteiger charge is -2.27. The molecule has 0 saturated carbocycles. The minimum atomic E-state index is -1.12. The number of hydrogen-bond acceptors (Lipinski definition) is 5. The first-order valence-corrected chi connectivity index (χ1v) is 4.46. The molecule has 1 aliphatic rings. The first-order chi connectivity index (χ1) is 7.02. The maximum absolute atomic E-state index is 11.4. The van der Waals surface area contributed by atoms with E-state index < -0.39 is 18.2 Å². The van der Waals surface area contributed by atoms with Crippen molar-refractivity contribution in [3.05, 3.63) is 23.3 Å². The van der Waals surface area contributed by atoms with Crippen molar-refractivity contribution in [3.8, 4) is 11.5 Å². The largest absolute Gasteiger partial charge is 0.508 e. The van der Waals surface area contributed by atoms with Gasteiger partial charge < -0.3 is 20.1 Å². The standard InChI is InChI=1S/C10H10O5/c1-4-9(13)7-5(11)2-3-6(12)8(7)10(14)15-4/h2-4,9,11-13H,1H3. The molecular weight excluding hydrogens is 200 g/mol. The molecule has 5 nitrogen and oxygen atoms in total. The summed E-state index contributed by atoms with van der Waals surface area (Å²) < 4.78 is 4.80. The van der Waals surface area contributed by atoms with Crippen LogP contribution in [0, 0.1) is 0 Å². The third-order valence-electron chi connectivity index (χ3n) is 2.44. The van der Waals surface area contributed by atoms with Gasteiger partial charge >= 0.3 is 5.97 Å². The highest BCUT2D eigenvalue weighted by molar-refractivity contribution is 5.96. The molecule has 0 spiro atoms. The monoisotopic (exact) mass is 210 g/mol. The van der Waals surface area contributed by atoms with E-state index in [0.29, 0.717) is 0 Å². The van der Waals surface area contributed by atoms with Gasteiger partial charge in [-0.2, -0.15) is 0 Å². The fourth-order valence-corrected chi connectivity index (χ4v) is 1.64. The van der Waals surface area contributed by atoms with Crippen LogP contribution in [0.1, 0.15) is 28.9 Å². The van der Waals surface area contributed by atoms with Gasteiger partial charge in [0.2, 0.25) is 0 Å². The van der Waals surface area contributed by atoms with Crippen LogP contribution in [0.15, 0.2) is 12.1 Å². The molecule has 1 aromatic carbocycles. The highest BCUT2D eigenvalue weighted by Gasteiger charge is 2.36. The summed E-state index contributed by atoms with van der Waals surface area (Å²) in [5.74, 6) is -1.27. The van der Waals surface area contributed by atoms with E-state index in [1.807, 2.05) is 0 Å². The zero-order valence-electron chi connectivity index (χ0n) is 7.97. The third-order valence-corrected chi connectivity index (χ3v) is 2.44. The molecule has 2 atom stereocenters. The smallest absolute Gasteiger partial charge is 0.342 e. The van der Waals surface area contributed by atoms with Gasteiger partial charge in [-0.25, -0.2) is 4.79 Å². The number of rotatable bonds is 0. The second-order valence-electron chi connectivity index (χ2n) is 3.45. The van der Waals surface area contributed by atoms with E-state index in [2.05, 4.69) is 0 Å². The molecule has 1 heterocycles. The average molecular weight is 210 g/mol. The Labute approximate surface area is 85.5 Å². The highest BCUT2D eigenvalue weighted by Crippen LogP contribution is 2.39. The maximum Gasteiger partial charge on any atom is 0.342 e. The van der Waals surface area contributed by atoms with E-state index in [4.69, 9.17) is 4.74 Å². The topological polar surface area (TPSA) is 87.0 Å². The first kappa shape index (κ1) is 9.79. The molecule has 5 heteroatoms. The number of benzene rings is 1. The number of phenolic OH excluding ortho intramolecular Hbond substituents is 2. The number of carbonyl (C=O) groups is 1. The third kappa shape index (κ3) is 1.32. The second kappa shape index (κ2) is 3.13. The molecular formula is C10H10O5. The Kier molecular flexibility index (Phi) is 2.04. The summed E-state index contributed by atoms with van der Waals surface area (Å²) in [5.41, 5.74) is -0.139. The van der Waals surface area contributed by atoms with Gasteiger partial charge in [0.05, 0.1) is 0 Å². The van der Waals surface area contributed by atoms with Crippen LogP contribution in [0.4, 0.5) is 0 Å². The molecule has 2 rings (SSSR count). The van der Waals surface area contributed by atoms with Crippen LogP contribution in [-0.2, 0) is 4.74 Å². The van der Waals surface area contributed by atoms with Gasteiger partial charge in [-0.3, -0.25) is 0 Å². The number of aliphatic hydroxyl groups excluding tert-OH is 1. The summed E-state index contributed by atoms with van der Waals surface area (Å²) in [5, 5.41) is 28.6. The van der Waals surface area contributed by atoms with Crippen molar-refractivity contribution in [2.75, 3.05) is 0 Å². The summed E-state index contributed by atoms with van der Waals surface area (Å²) in [4.78, 5) is 11.4. The summed E-state index contributed by atoms with van der Waals surface area (Å²) in [6, 6.07) is 2.40. The van der Waals surface area contributed by atoms with Crippen LogP contribution in [0.5, 0.6) is 11.5 Å². The Morgan fingerprint density at radius 3 is 2.53 bits per heavy atom. The predicted octanol–water partition coefficient (Wildman–Crippen LogP) is 0.690. The Morgan fingerprint density at radius 1 is 1.27 bits per heavy atom. The number of esters is 1. The Balaban J connectivity index is 2.70. The molecule has 1 aliphatic heterocycles. The number of cyclic esters (lactones) is 1. The van der Waals surface area contributed by atoms with Crippen molar-refractivity contribution in [1.82, 2.24) is 0 Å². The molecule has 1 aromatic rings. The van der Waals surface area contributed by atoms with Crippen molar-refractivity contribution < 1.29 is 24.9 Å². The van der Waals surface area contributed by atoms with E-state index in [9.17, 15) is 20.1 Å². The van der Waals surface area contributed by atoms with Crippen LogP contribution in [0.2, 0.25) is 0 Å². The summed E-state index contributed by atoms with van der Waals surface area (Å²) in [6.07, 6.45) is -1.86. The predicted molar refractivity (Wildman–Crippen MR) is 49.6 cm³/mol. The molecule has 0 radical (unpaired) electrons. The fourth-order valence-electron chi connectivity index (χ4n) is 1.64. The van der Waals surface area contributed by atoms with Crippen molar-refractivity contribution in [1.29, 1.82) is 0 Å². The quantitative estimate of drug-likeness (QED) is 0.433. The Morgan fingerprint density at radius 2 is 1.87 bits per heavy atom. The number of carbonyl (C=O) groups excluding carboxylic acids is 1. The van der Waals surface area contributed by atoms with Crippen LogP contribution >= 0.6 is 0 Å². The highest BCUT2D eigenvalue weighted by atomic mass is 16.6. The van der Waals surface area contributed by atoms with Crippen LogP contribution in [0.3, 0.4) is 0 Å². The van der Waals surface area contributed by atoms with Gasteiger partial charge in [0, 0.05) is 5.56 Å². The number of aliphatic hydroxyl groups is 1. The molecule has 3 N–H and O–H groups in total. The molecule has 15 heavy (non-hydrogen) atoms. The van der Waals surface area contributed by atoms with E-state index in [1.54, 1.807) is 0 Å². The Bertz CT molecular complexity index is 426. The minimum absolute atomic E-state index is 0.0266. The molecule has 0 saturated heterocycles. The molecule has 0 aromatic heterocycles. The van der Waals surface area contributed by atoms with Gasteiger partial charge in [-0.15, -0.1) is 0 Å².